The van der Waals surface area contributed by atoms with Crippen molar-refractivity contribution >= 4 is 17.6 Å². The van der Waals surface area contributed by atoms with E-state index in [1.807, 2.05) is 6.92 Å². The standard InChI is InChI=1S/C22H23ClN2O5/c1-12-10-16-18(21(26)25(12)11-13-6-5-9-29-13)17(14-7-3-4-8-15(14)23)19(20(24)30-16)22(27)28-2/h3-4,7-8,10,13,17H,5-6,9,11,24H2,1-2H3/t13-,17-/m0/s1. The van der Waals surface area contributed by atoms with E-state index < -0.39 is 11.9 Å². The summed E-state index contributed by atoms with van der Waals surface area (Å²) in [7, 11) is 1.26. The van der Waals surface area contributed by atoms with Crippen LogP contribution in [-0.4, -0.2) is 30.4 Å². The van der Waals surface area contributed by atoms with Gasteiger partial charge in [-0.2, -0.15) is 0 Å². The topological polar surface area (TPSA) is 92.8 Å². The number of nitrogens with zero attached hydrogens (tertiary/aromatic N) is 1. The largest absolute Gasteiger partial charge is 0.465 e. The van der Waals surface area contributed by atoms with Crippen LogP contribution in [0, 0.1) is 6.92 Å². The number of benzene rings is 1. The first kappa shape index (κ1) is 20.5. The maximum atomic E-state index is 13.6. The van der Waals surface area contributed by atoms with Crippen LogP contribution in [0.4, 0.5) is 0 Å². The molecule has 0 radical (unpaired) electrons. The molecule has 4 rings (SSSR count). The number of aromatic nitrogens is 1. The Labute approximate surface area is 179 Å². The SMILES string of the molecule is COC(=O)C1=C(N)Oc2cc(C)n(C[C@@H]3CCCO3)c(=O)c2[C@@H]1c1ccccc1Cl. The first-order chi connectivity index (χ1) is 14.4. The Morgan fingerprint density at radius 3 is 2.80 bits per heavy atom. The zero-order chi connectivity index (χ0) is 21.4. The van der Waals surface area contributed by atoms with Gasteiger partial charge in [0.1, 0.15) is 11.3 Å². The summed E-state index contributed by atoms with van der Waals surface area (Å²) < 4.78 is 18.0. The van der Waals surface area contributed by atoms with Crippen LogP contribution < -0.4 is 16.0 Å². The molecule has 8 heteroatoms. The van der Waals surface area contributed by atoms with E-state index in [4.69, 9.17) is 31.5 Å². The van der Waals surface area contributed by atoms with E-state index in [2.05, 4.69) is 0 Å². The number of methoxy groups -OCH3 is 1. The first-order valence-corrected chi connectivity index (χ1v) is 10.2. The summed E-state index contributed by atoms with van der Waals surface area (Å²) in [5.41, 5.74) is 7.51. The predicted molar refractivity (Wildman–Crippen MR) is 112 cm³/mol. The van der Waals surface area contributed by atoms with Gasteiger partial charge in [-0.05, 0) is 31.4 Å². The van der Waals surface area contributed by atoms with Gasteiger partial charge in [0, 0.05) is 23.4 Å². The number of hydrogen-bond acceptors (Lipinski definition) is 6. The van der Waals surface area contributed by atoms with Gasteiger partial charge in [0.2, 0.25) is 5.88 Å². The lowest BCUT2D eigenvalue weighted by atomic mass is 9.83. The van der Waals surface area contributed by atoms with Gasteiger partial charge in [0.25, 0.3) is 5.56 Å². The van der Waals surface area contributed by atoms with Gasteiger partial charge in [-0.15, -0.1) is 0 Å². The van der Waals surface area contributed by atoms with Crippen LogP contribution in [0.1, 0.15) is 35.6 Å². The molecule has 2 atom stereocenters. The van der Waals surface area contributed by atoms with Crippen molar-refractivity contribution in [1.29, 1.82) is 0 Å². The molecule has 158 valence electrons. The van der Waals surface area contributed by atoms with Gasteiger partial charge in [0.15, 0.2) is 0 Å². The molecule has 2 aliphatic heterocycles. The molecule has 0 amide bonds. The molecule has 0 spiro atoms. The van der Waals surface area contributed by atoms with Gasteiger partial charge >= 0.3 is 5.97 Å². The molecule has 30 heavy (non-hydrogen) atoms. The number of ether oxygens (including phenoxy) is 3. The predicted octanol–water partition coefficient (Wildman–Crippen LogP) is 2.86. The van der Waals surface area contributed by atoms with Crippen molar-refractivity contribution in [2.45, 2.75) is 38.3 Å². The molecule has 0 saturated carbocycles. The van der Waals surface area contributed by atoms with Gasteiger partial charge < -0.3 is 24.5 Å². The number of aryl methyl sites for hydroxylation is 1. The summed E-state index contributed by atoms with van der Waals surface area (Å²) >= 11 is 6.46. The minimum absolute atomic E-state index is 0.0246. The van der Waals surface area contributed by atoms with Crippen molar-refractivity contribution in [3.63, 3.8) is 0 Å². The van der Waals surface area contributed by atoms with Crippen LogP contribution in [0.25, 0.3) is 0 Å². The van der Waals surface area contributed by atoms with Crippen LogP contribution in [0.15, 0.2) is 46.6 Å². The monoisotopic (exact) mass is 430 g/mol. The number of nitrogens with two attached hydrogens (primary N) is 1. The lowest BCUT2D eigenvalue weighted by molar-refractivity contribution is -0.136. The second-order valence-electron chi connectivity index (χ2n) is 7.44. The molecule has 1 aromatic carbocycles. The Balaban J connectivity index is 1.94. The zero-order valence-corrected chi connectivity index (χ0v) is 17.6. The third-order valence-corrected chi connectivity index (χ3v) is 5.95. The summed E-state index contributed by atoms with van der Waals surface area (Å²) in [6.45, 7) is 2.96. The van der Waals surface area contributed by atoms with Crippen LogP contribution in [0.2, 0.25) is 5.02 Å². The highest BCUT2D eigenvalue weighted by Gasteiger charge is 2.39. The molecule has 2 aliphatic rings. The molecule has 2 N–H and O–H groups in total. The number of esters is 1. The van der Waals surface area contributed by atoms with Crippen LogP contribution in [0.3, 0.4) is 0 Å². The van der Waals surface area contributed by atoms with E-state index in [0.717, 1.165) is 18.5 Å². The molecule has 0 unspecified atom stereocenters. The molecule has 3 heterocycles. The van der Waals surface area contributed by atoms with E-state index in [-0.39, 0.29) is 23.1 Å². The Kier molecular flexibility index (Phi) is 5.58. The molecule has 1 aromatic heterocycles. The van der Waals surface area contributed by atoms with Gasteiger partial charge in [-0.25, -0.2) is 4.79 Å². The van der Waals surface area contributed by atoms with E-state index >= 15 is 0 Å². The second kappa shape index (κ2) is 8.16. The summed E-state index contributed by atoms with van der Waals surface area (Å²) in [4.78, 5) is 26.3. The Morgan fingerprint density at radius 1 is 1.37 bits per heavy atom. The Hall–Kier alpha value is -2.77. The minimum atomic E-state index is -0.807. The lowest BCUT2D eigenvalue weighted by Gasteiger charge is -2.29. The van der Waals surface area contributed by atoms with Gasteiger partial charge in [0.05, 0.1) is 31.2 Å². The highest BCUT2D eigenvalue weighted by atomic mass is 35.5. The number of halogens is 1. The maximum Gasteiger partial charge on any atom is 0.340 e. The molecule has 0 bridgehead atoms. The fraction of sp³-hybridized carbons (Fsp3) is 0.364. The van der Waals surface area contributed by atoms with E-state index in [0.29, 0.717) is 35.1 Å². The molecule has 7 nitrogen and oxygen atoms in total. The zero-order valence-electron chi connectivity index (χ0n) is 16.8. The lowest BCUT2D eigenvalue weighted by Crippen LogP contribution is -2.36. The number of pyridine rings is 1. The summed E-state index contributed by atoms with van der Waals surface area (Å²) in [6.07, 6.45) is 1.84. The Bertz CT molecular complexity index is 1090. The number of rotatable bonds is 4. The maximum absolute atomic E-state index is 13.6. The summed E-state index contributed by atoms with van der Waals surface area (Å²) in [5.74, 6) is -1.27. The molecule has 2 aromatic rings. The minimum Gasteiger partial charge on any atom is -0.465 e. The van der Waals surface area contributed by atoms with Crippen molar-refractivity contribution < 1.29 is 19.0 Å². The molecule has 0 aliphatic carbocycles. The number of hydrogen-bond donors (Lipinski definition) is 1. The van der Waals surface area contributed by atoms with Crippen LogP contribution in [-0.2, 0) is 20.8 Å². The number of carbonyl (C=O) groups excluding carboxylic acids is 1. The summed E-state index contributed by atoms with van der Waals surface area (Å²) in [5, 5.41) is 0.412. The second-order valence-corrected chi connectivity index (χ2v) is 7.85. The number of fused-ring (bicyclic) bond motifs is 1. The fourth-order valence-corrected chi connectivity index (χ4v) is 4.38. The van der Waals surface area contributed by atoms with Crippen LogP contribution >= 0.6 is 11.6 Å². The van der Waals surface area contributed by atoms with E-state index in [9.17, 15) is 9.59 Å². The normalized spacial score (nSPS) is 20.6. The quantitative estimate of drug-likeness (QED) is 0.750. The molecule has 1 saturated heterocycles. The van der Waals surface area contributed by atoms with Crippen molar-refractivity contribution in [3.05, 3.63) is 74.0 Å². The van der Waals surface area contributed by atoms with Crippen molar-refractivity contribution in [2.75, 3.05) is 13.7 Å². The fourth-order valence-electron chi connectivity index (χ4n) is 4.13. The van der Waals surface area contributed by atoms with E-state index in [1.54, 1.807) is 34.9 Å². The van der Waals surface area contributed by atoms with Crippen molar-refractivity contribution in [3.8, 4) is 5.75 Å². The van der Waals surface area contributed by atoms with Crippen LogP contribution in [0.5, 0.6) is 5.75 Å². The van der Waals surface area contributed by atoms with Crippen molar-refractivity contribution in [1.82, 2.24) is 4.57 Å². The molecule has 1 fully saturated rings. The Morgan fingerprint density at radius 2 is 2.13 bits per heavy atom. The van der Waals surface area contributed by atoms with E-state index in [1.165, 1.54) is 7.11 Å². The molecular weight excluding hydrogens is 408 g/mol. The first-order valence-electron chi connectivity index (χ1n) is 9.78. The number of carbonyl (C=O) groups is 1. The average molecular weight is 431 g/mol. The highest BCUT2D eigenvalue weighted by molar-refractivity contribution is 6.31. The van der Waals surface area contributed by atoms with Crippen molar-refractivity contribution in [2.24, 2.45) is 5.73 Å². The highest BCUT2D eigenvalue weighted by Crippen LogP contribution is 2.43. The summed E-state index contributed by atoms with van der Waals surface area (Å²) in [6, 6.07) is 8.80. The third-order valence-electron chi connectivity index (χ3n) is 5.60. The smallest absolute Gasteiger partial charge is 0.340 e. The third kappa shape index (κ3) is 3.48. The molecular formula is C22H23ClN2O5. The van der Waals surface area contributed by atoms with Gasteiger partial charge in [-0.1, -0.05) is 29.8 Å². The van der Waals surface area contributed by atoms with Gasteiger partial charge in [-0.3, -0.25) is 4.79 Å². The average Bonchev–Trinajstić information content (AvgIpc) is 3.23.